The van der Waals surface area contributed by atoms with Gasteiger partial charge in [-0.25, -0.2) is 4.39 Å². The Balaban J connectivity index is 2.10. The molecule has 17 heavy (non-hydrogen) atoms. The van der Waals surface area contributed by atoms with E-state index in [4.69, 9.17) is 0 Å². The summed E-state index contributed by atoms with van der Waals surface area (Å²) in [6.45, 7) is 2.99. The van der Waals surface area contributed by atoms with E-state index in [9.17, 15) is 9.18 Å². The zero-order valence-electron chi connectivity index (χ0n) is 10.2. The van der Waals surface area contributed by atoms with E-state index < -0.39 is 0 Å². The van der Waals surface area contributed by atoms with Crippen molar-refractivity contribution in [3.8, 4) is 0 Å². The molecule has 3 heteroatoms. The van der Waals surface area contributed by atoms with Crippen molar-refractivity contribution >= 4 is 11.5 Å². The number of anilines is 1. The molecule has 1 saturated carbocycles. The maximum atomic E-state index is 12.9. The van der Waals surface area contributed by atoms with E-state index in [1.54, 1.807) is 0 Å². The van der Waals surface area contributed by atoms with E-state index >= 15 is 0 Å². The Hall–Kier alpha value is -1.38. The van der Waals surface area contributed by atoms with Crippen molar-refractivity contribution in [2.24, 2.45) is 0 Å². The van der Waals surface area contributed by atoms with E-state index in [0.717, 1.165) is 25.1 Å². The summed E-state index contributed by atoms with van der Waals surface area (Å²) >= 11 is 0. The van der Waals surface area contributed by atoms with Crippen molar-refractivity contribution in [3.05, 3.63) is 30.1 Å². The van der Waals surface area contributed by atoms with Crippen LogP contribution in [0.4, 0.5) is 10.1 Å². The first-order valence-corrected chi connectivity index (χ1v) is 6.24. The molecule has 0 aliphatic heterocycles. The number of ketones is 1. The highest BCUT2D eigenvalue weighted by atomic mass is 19.1. The Morgan fingerprint density at radius 3 is 2.35 bits per heavy atom. The topological polar surface area (TPSA) is 20.3 Å². The quantitative estimate of drug-likeness (QED) is 0.802. The number of rotatable bonds is 3. The summed E-state index contributed by atoms with van der Waals surface area (Å²) in [6.07, 6.45) is 3.21. The molecule has 2 rings (SSSR count). The highest BCUT2D eigenvalue weighted by Crippen LogP contribution is 2.25. The second kappa shape index (κ2) is 5.30. The van der Waals surface area contributed by atoms with Crippen LogP contribution in [-0.2, 0) is 4.79 Å². The number of carbonyl (C=O) groups excluding carboxylic acids is 1. The van der Waals surface area contributed by atoms with Crippen LogP contribution in [0.15, 0.2) is 24.3 Å². The van der Waals surface area contributed by atoms with E-state index in [-0.39, 0.29) is 5.82 Å². The molecule has 0 radical (unpaired) electrons. The molecule has 1 aromatic carbocycles. The molecule has 0 saturated heterocycles. The summed E-state index contributed by atoms with van der Waals surface area (Å²) < 4.78 is 12.9. The standard InChI is InChI=1S/C14H18FNO/c1-2-16(12-5-3-11(15)4-6-12)13-7-9-14(17)10-8-13/h3-6,13H,2,7-10H2,1H3. The van der Waals surface area contributed by atoms with Gasteiger partial charge in [0.1, 0.15) is 11.6 Å². The van der Waals surface area contributed by atoms with Crippen LogP contribution in [0.5, 0.6) is 0 Å². The van der Waals surface area contributed by atoms with Gasteiger partial charge in [-0.3, -0.25) is 4.79 Å². The van der Waals surface area contributed by atoms with Crippen LogP contribution in [0.1, 0.15) is 32.6 Å². The zero-order chi connectivity index (χ0) is 12.3. The Labute approximate surface area is 101 Å². The smallest absolute Gasteiger partial charge is 0.133 e. The summed E-state index contributed by atoms with van der Waals surface area (Å²) in [6, 6.07) is 7.03. The highest BCUT2D eigenvalue weighted by molar-refractivity contribution is 5.79. The molecule has 0 N–H and O–H groups in total. The van der Waals surface area contributed by atoms with Gasteiger partial charge in [-0.15, -0.1) is 0 Å². The van der Waals surface area contributed by atoms with E-state index in [2.05, 4.69) is 11.8 Å². The predicted molar refractivity (Wildman–Crippen MR) is 66.7 cm³/mol. The number of nitrogens with zero attached hydrogens (tertiary/aromatic N) is 1. The summed E-state index contributed by atoms with van der Waals surface area (Å²) in [5, 5.41) is 0. The Morgan fingerprint density at radius 2 is 1.82 bits per heavy atom. The van der Waals surface area contributed by atoms with Crippen molar-refractivity contribution in [2.75, 3.05) is 11.4 Å². The van der Waals surface area contributed by atoms with Crippen LogP contribution in [0.3, 0.4) is 0 Å². The maximum absolute atomic E-state index is 12.9. The summed E-state index contributed by atoms with van der Waals surface area (Å²) in [5.74, 6) is 0.167. The van der Waals surface area contributed by atoms with Gasteiger partial charge in [0.05, 0.1) is 0 Å². The third-order valence-electron chi connectivity index (χ3n) is 3.45. The average Bonchev–Trinajstić information content (AvgIpc) is 2.35. The predicted octanol–water partition coefficient (Wildman–Crippen LogP) is 3.16. The summed E-state index contributed by atoms with van der Waals surface area (Å²) in [7, 11) is 0. The number of hydrogen-bond acceptors (Lipinski definition) is 2. The number of hydrogen-bond donors (Lipinski definition) is 0. The summed E-state index contributed by atoms with van der Waals surface area (Å²) in [5.41, 5.74) is 1.05. The molecule has 0 heterocycles. The first-order valence-electron chi connectivity index (χ1n) is 6.24. The molecule has 0 spiro atoms. The van der Waals surface area contributed by atoms with Crippen LogP contribution in [0, 0.1) is 5.82 Å². The number of Topliss-reactive ketones (excluding diaryl/α,β-unsaturated/α-hetero) is 1. The Morgan fingerprint density at radius 1 is 1.24 bits per heavy atom. The van der Waals surface area contributed by atoms with Crippen LogP contribution >= 0.6 is 0 Å². The zero-order valence-corrected chi connectivity index (χ0v) is 10.2. The molecule has 1 fully saturated rings. The average molecular weight is 235 g/mol. The van der Waals surface area contributed by atoms with Crippen molar-refractivity contribution < 1.29 is 9.18 Å². The maximum Gasteiger partial charge on any atom is 0.133 e. The Bertz CT molecular complexity index is 378. The minimum Gasteiger partial charge on any atom is -0.369 e. The SMILES string of the molecule is CCN(c1ccc(F)cc1)C1CCC(=O)CC1. The van der Waals surface area contributed by atoms with Gasteiger partial charge in [0.15, 0.2) is 0 Å². The number of benzene rings is 1. The molecule has 0 unspecified atom stereocenters. The lowest BCUT2D eigenvalue weighted by Gasteiger charge is -2.35. The molecular weight excluding hydrogens is 217 g/mol. The molecular formula is C14H18FNO. The lowest BCUT2D eigenvalue weighted by Crippen LogP contribution is -2.38. The number of carbonyl (C=O) groups is 1. The molecule has 0 amide bonds. The van der Waals surface area contributed by atoms with Crippen molar-refractivity contribution in [1.82, 2.24) is 0 Å². The summed E-state index contributed by atoms with van der Waals surface area (Å²) in [4.78, 5) is 13.5. The number of halogens is 1. The molecule has 1 aliphatic carbocycles. The van der Waals surface area contributed by atoms with Crippen molar-refractivity contribution in [2.45, 2.75) is 38.6 Å². The van der Waals surface area contributed by atoms with Gasteiger partial charge in [0.2, 0.25) is 0 Å². The second-order valence-corrected chi connectivity index (χ2v) is 4.53. The largest absolute Gasteiger partial charge is 0.369 e. The molecule has 1 aliphatic rings. The minimum absolute atomic E-state index is 0.205. The van der Waals surface area contributed by atoms with Crippen LogP contribution in [0.25, 0.3) is 0 Å². The lowest BCUT2D eigenvalue weighted by atomic mass is 9.93. The van der Waals surface area contributed by atoms with Gasteiger partial charge in [0.25, 0.3) is 0 Å². The van der Waals surface area contributed by atoms with Gasteiger partial charge in [-0.2, -0.15) is 0 Å². The van der Waals surface area contributed by atoms with E-state index in [0.29, 0.717) is 24.7 Å². The fourth-order valence-electron chi connectivity index (χ4n) is 2.52. The van der Waals surface area contributed by atoms with Crippen molar-refractivity contribution in [3.63, 3.8) is 0 Å². The van der Waals surface area contributed by atoms with Gasteiger partial charge in [-0.05, 0) is 44.0 Å². The van der Waals surface area contributed by atoms with Crippen molar-refractivity contribution in [1.29, 1.82) is 0 Å². The molecule has 1 aromatic rings. The first-order chi connectivity index (χ1) is 8.20. The van der Waals surface area contributed by atoms with Gasteiger partial charge in [0, 0.05) is 31.1 Å². The minimum atomic E-state index is -0.205. The third kappa shape index (κ3) is 2.84. The van der Waals surface area contributed by atoms with Gasteiger partial charge >= 0.3 is 0 Å². The molecule has 2 nitrogen and oxygen atoms in total. The monoisotopic (exact) mass is 235 g/mol. The van der Waals surface area contributed by atoms with Crippen LogP contribution in [0.2, 0.25) is 0 Å². The molecule has 0 aromatic heterocycles. The molecule has 0 atom stereocenters. The van der Waals surface area contributed by atoms with Crippen LogP contribution in [-0.4, -0.2) is 18.4 Å². The Kier molecular flexibility index (Phi) is 3.77. The molecule has 92 valence electrons. The highest BCUT2D eigenvalue weighted by Gasteiger charge is 2.23. The molecule has 0 bridgehead atoms. The van der Waals surface area contributed by atoms with Gasteiger partial charge < -0.3 is 4.90 Å². The fourth-order valence-corrected chi connectivity index (χ4v) is 2.52. The van der Waals surface area contributed by atoms with Gasteiger partial charge in [-0.1, -0.05) is 0 Å². The van der Waals surface area contributed by atoms with Crippen LogP contribution < -0.4 is 4.90 Å². The fraction of sp³-hybridized carbons (Fsp3) is 0.500. The van der Waals surface area contributed by atoms with E-state index in [1.807, 2.05) is 12.1 Å². The third-order valence-corrected chi connectivity index (χ3v) is 3.45. The normalized spacial score (nSPS) is 17.2. The van der Waals surface area contributed by atoms with E-state index in [1.165, 1.54) is 12.1 Å². The second-order valence-electron chi connectivity index (χ2n) is 4.53. The first kappa shape index (κ1) is 12.1. The lowest BCUT2D eigenvalue weighted by molar-refractivity contribution is -0.120.